The Kier molecular flexibility index (Phi) is 2.79. The molecule has 0 unspecified atom stereocenters. The summed E-state index contributed by atoms with van der Waals surface area (Å²) >= 11 is 3.92. The van der Waals surface area contributed by atoms with E-state index in [-0.39, 0.29) is 17.2 Å². The van der Waals surface area contributed by atoms with E-state index < -0.39 is 0 Å². The first-order valence-electron chi connectivity index (χ1n) is 5.18. The Morgan fingerprint density at radius 3 is 2.16 bits per heavy atom. The molecule has 4 nitrogen and oxygen atoms in total. The fourth-order valence-electron chi connectivity index (χ4n) is 2.32. The number of nitriles is 1. The van der Waals surface area contributed by atoms with Crippen LogP contribution in [0.2, 0.25) is 0 Å². The van der Waals surface area contributed by atoms with Crippen molar-refractivity contribution in [3.05, 3.63) is 24.8 Å². The maximum Gasteiger partial charge on any atom is 0.166 e. The Morgan fingerprint density at radius 1 is 0.895 bits per heavy atom. The monoisotopic (exact) mass is 477 g/mol. The number of halogens is 2. The molecule has 3 rings (SSSR count). The predicted octanol–water partition coefficient (Wildman–Crippen LogP) is 3.53. The Morgan fingerprint density at radius 2 is 1.53 bits per heavy atom. The van der Waals surface area contributed by atoms with Crippen LogP contribution in [0.3, 0.4) is 0 Å². The lowest BCUT2D eigenvalue weighted by Gasteiger charge is -2.07. The average molecular weight is 477 g/mol. The first kappa shape index (κ1) is 12.8. The molecule has 0 saturated carbocycles. The van der Waals surface area contributed by atoms with E-state index in [2.05, 4.69) is 6.07 Å². The van der Waals surface area contributed by atoms with Crippen LogP contribution in [0.1, 0.15) is 5.56 Å². The zero-order chi connectivity index (χ0) is 13.9. The van der Waals surface area contributed by atoms with Crippen molar-refractivity contribution in [1.82, 2.24) is 0 Å². The third-order valence-corrected chi connectivity index (χ3v) is 5.24. The number of phenolic OH excluding ortho intramolecular Hbond substituents is 3. The average Bonchev–Trinajstić information content (AvgIpc) is 2.70. The molecule has 0 spiro atoms. The Hall–Kier alpha value is -1.21. The van der Waals surface area contributed by atoms with Gasteiger partial charge in [-0.1, -0.05) is 0 Å². The number of phenols is 3. The summed E-state index contributed by atoms with van der Waals surface area (Å²) in [6.07, 6.45) is 0. The molecule has 0 atom stereocenters. The maximum atomic E-state index is 10.1. The van der Waals surface area contributed by atoms with E-state index in [9.17, 15) is 20.6 Å². The molecule has 2 bridgehead atoms. The molecule has 94 valence electrons. The van der Waals surface area contributed by atoms with Crippen molar-refractivity contribution in [1.29, 1.82) is 5.26 Å². The van der Waals surface area contributed by atoms with Crippen LogP contribution in [0.5, 0.6) is 17.2 Å². The number of hydrogen-bond donors (Lipinski definition) is 3. The van der Waals surface area contributed by atoms with Crippen LogP contribution in [0, 0.1) is 18.5 Å². The number of aromatic hydroxyl groups is 3. The summed E-state index contributed by atoms with van der Waals surface area (Å²) in [5.74, 6) is -0.404. The van der Waals surface area contributed by atoms with E-state index in [0.717, 1.165) is 0 Å². The van der Waals surface area contributed by atoms with Gasteiger partial charge in [0.15, 0.2) is 11.5 Å². The second-order valence-corrected chi connectivity index (χ2v) is 6.23. The van der Waals surface area contributed by atoms with Gasteiger partial charge in [-0.2, -0.15) is 5.26 Å². The third kappa shape index (κ3) is 1.48. The van der Waals surface area contributed by atoms with Crippen molar-refractivity contribution in [2.75, 3.05) is 0 Å². The van der Waals surface area contributed by atoms with E-state index in [4.69, 9.17) is 0 Å². The van der Waals surface area contributed by atoms with Gasteiger partial charge in [-0.25, -0.2) is 0 Å². The normalized spacial score (nSPS) is 11.2. The maximum absolute atomic E-state index is 10.1. The second-order valence-electron chi connectivity index (χ2n) is 4.07. The van der Waals surface area contributed by atoms with E-state index >= 15 is 0 Å². The van der Waals surface area contributed by atoms with Crippen molar-refractivity contribution in [3.63, 3.8) is 0 Å². The van der Waals surface area contributed by atoms with Crippen molar-refractivity contribution < 1.29 is 15.3 Å². The molecule has 0 heterocycles. The van der Waals surface area contributed by atoms with Crippen LogP contribution in [-0.4, -0.2) is 15.3 Å². The van der Waals surface area contributed by atoms with Gasteiger partial charge in [-0.05, 0) is 62.9 Å². The molecular weight excluding hydrogens is 472 g/mol. The number of hydrogen-bond acceptors (Lipinski definition) is 4. The van der Waals surface area contributed by atoms with Crippen LogP contribution in [0.15, 0.2) is 12.1 Å². The second kappa shape index (κ2) is 4.14. The number of nitrogens with zero attached hydrogens (tertiary/aromatic N) is 1. The van der Waals surface area contributed by atoms with Crippen LogP contribution >= 0.6 is 45.2 Å². The molecule has 6 heteroatoms. The van der Waals surface area contributed by atoms with Crippen LogP contribution < -0.4 is 0 Å². The van der Waals surface area contributed by atoms with Gasteiger partial charge in [0.2, 0.25) is 0 Å². The molecule has 2 aromatic carbocycles. The fourth-order valence-corrected chi connectivity index (χ4v) is 4.47. The van der Waals surface area contributed by atoms with Gasteiger partial charge in [-0.3, -0.25) is 0 Å². The molecule has 19 heavy (non-hydrogen) atoms. The molecule has 0 aromatic heterocycles. The quantitative estimate of drug-likeness (QED) is 0.342. The lowest BCUT2D eigenvalue weighted by Crippen LogP contribution is -1.89. The Labute approximate surface area is 135 Å². The standard InChI is InChI=1S/C13H5I2NO3/c14-10-7-4-1-2-6(17)12(18)9(4)8(5(7)3-16)11(15)13(10)19/h1-2,17-19H. The van der Waals surface area contributed by atoms with Gasteiger partial charge in [0.1, 0.15) is 11.8 Å². The summed E-state index contributed by atoms with van der Waals surface area (Å²) < 4.78 is 1.08. The van der Waals surface area contributed by atoms with Crippen LogP contribution in [0.25, 0.3) is 22.3 Å². The summed E-state index contributed by atoms with van der Waals surface area (Å²) in [6.45, 7) is 0. The summed E-state index contributed by atoms with van der Waals surface area (Å²) in [5, 5.41) is 39.1. The predicted molar refractivity (Wildman–Crippen MR) is 86.0 cm³/mol. The van der Waals surface area contributed by atoms with E-state index in [1.165, 1.54) is 6.07 Å². The van der Waals surface area contributed by atoms with E-state index in [1.54, 1.807) is 6.07 Å². The molecule has 1 aliphatic rings. The zero-order valence-electron chi connectivity index (χ0n) is 9.20. The number of benzene rings is 2. The van der Waals surface area contributed by atoms with Crippen LogP contribution in [0.4, 0.5) is 0 Å². The molecule has 0 saturated heterocycles. The van der Waals surface area contributed by atoms with Gasteiger partial charge in [0.05, 0.1) is 12.7 Å². The molecule has 0 amide bonds. The van der Waals surface area contributed by atoms with Gasteiger partial charge < -0.3 is 15.3 Å². The SMILES string of the molecule is N#Cc1c2c(I)c(O)c(I)c1-c1c-2ccc(O)c1O. The first-order valence-corrected chi connectivity index (χ1v) is 7.34. The zero-order valence-corrected chi connectivity index (χ0v) is 13.5. The number of rotatable bonds is 0. The minimum atomic E-state index is -0.261. The van der Waals surface area contributed by atoms with Crippen molar-refractivity contribution in [2.24, 2.45) is 0 Å². The molecule has 3 N–H and O–H groups in total. The highest BCUT2D eigenvalue weighted by molar-refractivity contribution is 14.1. The smallest absolute Gasteiger partial charge is 0.166 e. The fraction of sp³-hybridized carbons (Fsp3) is 0. The summed E-state index contributed by atoms with van der Waals surface area (Å²) in [4.78, 5) is 0. The minimum absolute atomic E-state index is 0.0975. The lowest BCUT2D eigenvalue weighted by molar-refractivity contribution is 0.405. The highest BCUT2D eigenvalue weighted by atomic mass is 127. The highest BCUT2D eigenvalue weighted by Gasteiger charge is 2.34. The molecule has 2 aromatic rings. The highest BCUT2D eigenvalue weighted by Crippen LogP contribution is 2.57. The molecule has 0 radical (unpaired) electrons. The molecule has 0 aliphatic heterocycles. The first-order chi connectivity index (χ1) is 8.99. The van der Waals surface area contributed by atoms with Gasteiger partial charge >= 0.3 is 0 Å². The van der Waals surface area contributed by atoms with Crippen molar-refractivity contribution in [2.45, 2.75) is 0 Å². The largest absolute Gasteiger partial charge is 0.506 e. The molecular formula is C13H5I2NO3. The summed E-state index contributed by atoms with van der Waals surface area (Å²) in [6, 6.07) is 5.14. The van der Waals surface area contributed by atoms with Crippen LogP contribution in [-0.2, 0) is 0 Å². The minimum Gasteiger partial charge on any atom is -0.506 e. The number of fused-ring (bicyclic) bond motifs is 5. The molecule has 0 fully saturated rings. The van der Waals surface area contributed by atoms with Gasteiger partial charge in [-0.15, -0.1) is 0 Å². The summed E-state index contributed by atoms with van der Waals surface area (Å²) in [7, 11) is 0. The third-order valence-electron chi connectivity index (χ3n) is 3.14. The van der Waals surface area contributed by atoms with Crippen molar-refractivity contribution >= 4 is 45.2 Å². The van der Waals surface area contributed by atoms with E-state index in [1.807, 2.05) is 45.2 Å². The van der Waals surface area contributed by atoms with Crippen molar-refractivity contribution in [3.8, 4) is 45.6 Å². The van der Waals surface area contributed by atoms with Gasteiger partial charge in [0, 0.05) is 16.7 Å². The molecule has 1 aliphatic carbocycles. The summed E-state index contributed by atoms with van der Waals surface area (Å²) in [5.41, 5.74) is 2.59. The Balaban J connectivity index is 2.59. The van der Waals surface area contributed by atoms with Gasteiger partial charge in [0.25, 0.3) is 0 Å². The lowest BCUT2D eigenvalue weighted by atomic mass is 10.0. The van der Waals surface area contributed by atoms with E-state index in [0.29, 0.717) is 35.0 Å². The Bertz CT molecular complexity index is 794. The topological polar surface area (TPSA) is 84.5 Å².